The first-order valence-electron chi connectivity index (χ1n) is 6.93. The molecule has 1 N–H and O–H groups in total. The first-order valence-corrected chi connectivity index (χ1v) is 6.93. The molecule has 0 saturated heterocycles. The molecule has 0 bridgehead atoms. The Morgan fingerprint density at radius 1 is 1.38 bits per heavy atom. The van der Waals surface area contributed by atoms with E-state index in [1.54, 1.807) is 12.5 Å². The van der Waals surface area contributed by atoms with Gasteiger partial charge in [-0.3, -0.25) is 4.68 Å². The lowest BCUT2D eigenvalue weighted by atomic mass is 10.3. The molecule has 0 aliphatic heterocycles. The summed E-state index contributed by atoms with van der Waals surface area (Å²) in [5.74, 6) is 1.98. The van der Waals surface area contributed by atoms with Crippen LogP contribution in [0.4, 0.5) is 0 Å². The molecule has 3 heterocycles. The summed E-state index contributed by atoms with van der Waals surface area (Å²) in [6.45, 7) is 5.49. The molecule has 0 saturated carbocycles. The third-order valence-corrected chi connectivity index (χ3v) is 3.26. The average Bonchev–Trinajstić information content (AvgIpc) is 3.17. The Kier molecular flexibility index (Phi) is 3.87. The maximum absolute atomic E-state index is 5.63. The molecule has 6 heteroatoms. The fourth-order valence-corrected chi connectivity index (χ4v) is 2.12. The number of hydrogen-bond donors (Lipinski definition) is 1. The second kappa shape index (κ2) is 5.97. The van der Waals surface area contributed by atoms with Gasteiger partial charge in [0, 0.05) is 25.0 Å². The van der Waals surface area contributed by atoms with Gasteiger partial charge in [0.1, 0.15) is 5.76 Å². The molecule has 21 heavy (non-hydrogen) atoms. The van der Waals surface area contributed by atoms with Gasteiger partial charge in [-0.05, 0) is 32.0 Å². The van der Waals surface area contributed by atoms with E-state index in [2.05, 4.69) is 22.3 Å². The van der Waals surface area contributed by atoms with Gasteiger partial charge in [-0.15, -0.1) is 0 Å². The Labute approximate surface area is 122 Å². The van der Waals surface area contributed by atoms with E-state index < -0.39 is 0 Å². The number of nitrogens with one attached hydrogen (secondary N) is 1. The molecular formula is C15H18N4O2. The van der Waals surface area contributed by atoms with Crippen molar-refractivity contribution in [1.29, 1.82) is 0 Å². The fraction of sp³-hybridized carbons (Fsp3) is 0.333. The van der Waals surface area contributed by atoms with Crippen molar-refractivity contribution >= 4 is 0 Å². The van der Waals surface area contributed by atoms with Crippen LogP contribution in [-0.2, 0) is 13.1 Å². The highest BCUT2D eigenvalue weighted by Gasteiger charge is 2.14. The predicted octanol–water partition coefficient (Wildman–Crippen LogP) is 2.62. The summed E-state index contributed by atoms with van der Waals surface area (Å²) in [6.07, 6.45) is 5.34. The smallest absolute Gasteiger partial charge is 0.263 e. The van der Waals surface area contributed by atoms with Crippen molar-refractivity contribution in [3.8, 4) is 11.7 Å². The predicted molar refractivity (Wildman–Crippen MR) is 77.5 cm³/mol. The minimum atomic E-state index is 0.285. The van der Waals surface area contributed by atoms with Crippen LogP contribution in [0.3, 0.4) is 0 Å². The monoisotopic (exact) mass is 286 g/mol. The molecular weight excluding hydrogens is 268 g/mol. The lowest BCUT2D eigenvalue weighted by Crippen LogP contribution is -2.30. The van der Waals surface area contributed by atoms with Crippen LogP contribution >= 0.6 is 0 Å². The van der Waals surface area contributed by atoms with Gasteiger partial charge in [0.2, 0.25) is 0 Å². The molecule has 110 valence electrons. The van der Waals surface area contributed by atoms with E-state index in [-0.39, 0.29) is 6.04 Å². The largest absolute Gasteiger partial charge is 0.459 e. The van der Waals surface area contributed by atoms with Crippen molar-refractivity contribution in [3.63, 3.8) is 0 Å². The Morgan fingerprint density at radius 2 is 2.29 bits per heavy atom. The van der Waals surface area contributed by atoms with Crippen molar-refractivity contribution in [1.82, 2.24) is 20.1 Å². The lowest BCUT2D eigenvalue weighted by molar-refractivity contribution is 0.446. The first kappa shape index (κ1) is 13.6. The second-order valence-electron chi connectivity index (χ2n) is 5.01. The number of rotatable bonds is 6. The number of furan rings is 1. The Morgan fingerprint density at radius 3 is 3.00 bits per heavy atom. The Bertz CT molecular complexity index is 671. The van der Waals surface area contributed by atoms with Gasteiger partial charge in [0.15, 0.2) is 5.76 Å². The number of aryl methyl sites for hydroxylation is 1. The van der Waals surface area contributed by atoms with Gasteiger partial charge >= 0.3 is 0 Å². The molecule has 0 aliphatic rings. The maximum atomic E-state index is 5.63. The van der Waals surface area contributed by atoms with Crippen LogP contribution in [-0.4, -0.2) is 20.8 Å². The highest BCUT2D eigenvalue weighted by Crippen LogP contribution is 2.21. The van der Waals surface area contributed by atoms with Crippen molar-refractivity contribution in [3.05, 3.63) is 48.3 Å². The zero-order valence-electron chi connectivity index (χ0n) is 12.1. The van der Waals surface area contributed by atoms with Gasteiger partial charge in [0.25, 0.3) is 5.89 Å². The van der Waals surface area contributed by atoms with Gasteiger partial charge in [-0.1, -0.05) is 0 Å². The average molecular weight is 286 g/mol. The van der Waals surface area contributed by atoms with Crippen LogP contribution in [0.25, 0.3) is 11.7 Å². The van der Waals surface area contributed by atoms with E-state index in [9.17, 15) is 0 Å². The number of nitrogens with zero attached hydrogens (tertiary/aromatic N) is 3. The summed E-state index contributed by atoms with van der Waals surface area (Å²) >= 11 is 0. The Hall–Kier alpha value is -2.34. The van der Waals surface area contributed by atoms with Crippen LogP contribution in [0.5, 0.6) is 0 Å². The van der Waals surface area contributed by atoms with Crippen LogP contribution in [0.2, 0.25) is 0 Å². The maximum Gasteiger partial charge on any atom is 0.263 e. The topological polar surface area (TPSA) is 69.0 Å². The van der Waals surface area contributed by atoms with Crippen LogP contribution in [0, 0.1) is 6.92 Å². The van der Waals surface area contributed by atoms with Crippen LogP contribution < -0.4 is 5.32 Å². The minimum Gasteiger partial charge on any atom is -0.459 e. The molecule has 6 nitrogen and oxygen atoms in total. The second-order valence-corrected chi connectivity index (χ2v) is 5.01. The van der Waals surface area contributed by atoms with Crippen molar-refractivity contribution in [2.75, 3.05) is 0 Å². The third-order valence-electron chi connectivity index (χ3n) is 3.26. The van der Waals surface area contributed by atoms with E-state index >= 15 is 0 Å². The lowest BCUT2D eigenvalue weighted by Gasteiger charge is -2.12. The van der Waals surface area contributed by atoms with E-state index in [1.807, 2.05) is 36.0 Å². The molecule has 3 aromatic rings. The summed E-state index contributed by atoms with van der Waals surface area (Å²) in [6, 6.07) is 5.86. The first-order chi connectivity index (χ1) is 10.2. The van der Waals surface area contributed by atoms with Gasteiger partial charge in [0.05, 0.1) is 18.5 Å². The molecule has 0 aliphatic carbocycles. The standard InChI is InChI=1S/C15H18N4O2/c1-11(10-19-7-4-6-17-19)16-9-13-12(2)21-15(18-13)14-5-3-8-20-14/h3-8,11,16H,9-10H2,1-2H3/t11-/m1/s1. The third kappa shape index (κ3) is 3.22. The zero-order chi connectivity index (χ0) is 14.7. The molecule has 0 fully saturated rings. The highest BCUT2D eigenvalue weighted by atomic mass is 16.4. The molecule has 0 unspecified atom stereocenters. The molecule has 0 amide bonds. The van der Waals surface area contributed by atoms with E-state index in [4.69, 9.17) is 8.83 Å². The van der Waals surface area contributed by atoms with Crippen molar-refractivity contribution in [2.45, 2.75) is 33.0 Å². The van der Waals surface area contributed by atoms with Crippen molar-refractivity contribution in [2.24, 2.45) is 0 Å². The number of aromatic nitrogens is 3. The quantitative estimate of drug-likeness (QED) is 0.754. The summed E-state index contributed by atoms with van der Waals surface area (Å²) < 4.78 is 12.8. The van der Waals surface area contributed by atoms with Gasteiger partial charge in [-0.25, -0.2) is 4.98 Å². The molecule has 0 aromatic carbocycles. The van der Waals surface area contributed by atoms with Gasteiger partial charge < -0.3 is 14.2 Å². The molecule has 1 atom stereocenters. The number of oxazole rings is 1. The zero-order valence-corrected chi connectivity index (χ0v) is 12.1. The molecule has 3 aromatic heterocycles. The molecule has 0 radical (unpaired) electrons. The van der Waals surface area contributed by atoms with Crippen molar-refractivity contribution < 1.29 is 8.83 Å². The van der Waals surface area contributed by atoms with E-state index in [1.165, 1.54) is 0 Å². The fourth-order valence-electron chi connectivity index (χ4n) is 2.12. The summed E-state index contributed by atoms with van der Waals surface area (Å²) in [5.41, 5.74) is 0.897. The SMILES string of the molecule is Cc1oc(-c2ccco2)nc1CN[C@H](C)Cn1cccn1. The molecule has 3 rings (SSSR count). The van der Waals surface area contributed by atoms with Crippen LogP contribution in [0.15, 0.2) is 45.7 Å². The summed E-state index contributed by atoms with van der Waals surface area (Å²) in [5, 5.41) is 7.62. The van der Waals surface area contributed by atoms with E-state index in [0.717, 1.165) is 18.0 Å². The normalized spacial score (nSPS) is 12.7. The number of hydrogen-bond acceptors (Lipinski definition) is 5. The summed E-state index contributed by atoms with van der Waals surface area (Å²) in [7, 11) is 0. The van der Waals surface area contributed by atoms with E-state index in [0.29, 0.717) is 18.2 Å². The molecule has 0 spiro atoms. The Balaban J connectivity index is 1.60. The van der Waals surface area contributed by atoms with Gasteiger partial charge in [-0.2, -0.15) is 5.10 Å². The van der Waals surface area contributed by atoms with Crippen LogP contribution in [0.1, 0.15) is 18.4 Å². The summed E-state index contributed by atoms with van der Waals surface area (Å²) in [4.78, 5) is 4.48. The minimum absolute atomic E-state index is 0.285. The highest BCUT2D eigenvalue weighted by molar-refractivity contribution is 5.44.